The zero-order valence-electron chi connectivity index (χ0n) is 20.6. The lowest BCUT2D eigenvalue weighted by Gasteiger charge is -2.28. The summed E-state index contributed by atoms with van der Waals surface area (Å²) < 4.78 is 37.7. The number of ether oxygens (including phenoxy) is 2. The van der Waals surface area contributed by atoms with E-state index < -0.39 is 28.5 Å². The summed E-state index contributed by atoms with van der Waals surface area (Å²) in [6.45, 7) is 1.53. The molecule has 1 amide bonds. The fourth-order valence-electron chi connectivity index (χ4n) is 5.43. The second-order valence-corrected chi connectivity index (χ2v) is 12.0. The Morgan fingerprint density at radius 3 is 2.47 bits per heavy atom. The Hall–Kier alpha value is -2.78. The van der Waals surface area contributed by atoms with Gasteiger partial charge in [-0.1, -0.05) is 18.0 Å². The number of fused-ring (bicyclic) bond motifs is 2. The first kappa shape index (κ1) is 26.3. The quantitative estimate of drug-likeness (QED) is 0.482. The molecule has 2 aliphatic carbocycles. The molecular formula is C26H31ClN2O6S. The number of benzene rings is 2. The molecule has 0 aromatic heterocycles. The van der Waals surface area contributed by atoms with Gasteiger partial charge in [-0.05, 0) is 86.4 Å². The zero-order chi connectivity index (χ0) is 26.0. The van der Waals surface area contributed by atoms with Crippen molar-refractivity contribution in [3.05, 3.63) is 53.1 Å². The largest absolute Gasteiger partial charge is 0.497 e. The number of methoxy groups -OCH3 is 1. The minimum atomic E-state index is -4.00. The fraction of sp³-hybridized carbons (Fsp3) is 0.462. The Morgan fingerprint density at radius 1 is 1.14 bits per heavy atom. The molecule has 0 spiro atoms. The molecule has 4 rings (SSSR count). The van der Waals surface area contributed by atoms with Crippen molar-refractivity contribution in [2.24, 2.45) is 17.8 Å². The molecule has 2 aromatic rings. The fourth-order valence-corrected chi connectivity index (χ4v) is 6.85. The minimum Gasteiger partial charge on any atom is -0.497 e. The highest BCUT2D eigenvalue weighted by molar-refractivity contribution is 7.92. The summed E-state index contributed by atoms with van der Waals surface area (Å²) >= 11 is 6.17. The van der Waals surface area contributed by atoms with Crippen molar-refractivity contribution in [2.75, 3.05) is 25.1 Å². The smallest absolute Gasteiger partial charge is 0.340 e. The van der Waals surface area contributed by atoms with Crippen LogP contribution in [0.2, 0.25) is 5.02 Å². The van der Waals surface area contributed by atoms with Crippen molar-refractivity contribution in [3.63, 3.8) is 0 Å². The molecular weight excluding hydrogens is 504 g/mol. The number of hydrogen-bond donors (Lipinski definition) is 1. The Kier molecular flexibility index (Phi) is 7.80. The van der Waals surface area contributed by atoms with Crippen LogP contribution < -0.4 is 14.4 Å². The monoisotopic (exact) mass is 534 g/mol. The second-order valence-electron chi connectivity index (χ2n) is 9.58. The maximum atomic E-state index is 13.2. The number of nitrogens with one attached hydrogen (secondary N) is 1. The van der Waals surface area contributed by atoms with E-state index in [4.69, 9.17) is 21.1 Å². The molecule has 2 aromatic carbocycles. The summed E-state index contributed by atoms with van der Waals surface area (Å²) in [7, 11) is -1.07. The number of hydrogen-bond acceptors (Lipinski definition) is 6. The van der Waals surface area contributed by atoms with Gasteiger partial charge in [-0.2, -0.15) is 0 Å². The van der Waals surface area contributed by atoms with Gasteiger partial charge in [0.2, 0.25) is 0 Å². The topological polar surface area (TPSA) is 102 Å². The summed E-state index contributed by atoms with van der Waals surface area (Å²) in [6.07, 6.45) is 4.87. The molecule has 4 atom stereocenters. The van der Waals surface area contributed by atoms with E-state index in [1.54, 1.807) is 24.3 Å². The van der Waals surface area contributed by atoms with Crippen LogP contribution in [0.15, 0.2) is 47.4 Å². The van der Waals surface area contributed by atoms with E-state index in [1.807, 2.05) is 6.92 Å². The first-order valence-corrected chi connectivity index (χ1v) is 13.8. The molecule has 8 nitrogen and oxygen atoms in total. The molecule has 0 saturated heterocycles. The standard InChI is InChI=1S/C26H31ClN2O6S/c1-16(22-13-17-4-5-18(22)12-17)28-25(30)15-35-26(31)23-14-21(10-11-24(23)27)36(32,33)29(2)19-6-8-20(34-3)9-7-19/h6-11,14,16-18,22H,4-5,12-13,15H2,1-3H3,(H,28,30)/t16-,17-,18-,22+/m1/s1. The average molecular weight is 535 g/mol. The Balaban J connectivity index is 1.40. The summed E-state index contributed by atoms with van der Waals surface area (Å²) in [5.74, 6) is 1.22. The van der Waals surface area contributed by atoms with Gasteiger partial charge in [0.25, 0.3) is 15.9 Å². The molecule has 0 unspecified atom stereocenters. The van der Waals surface area contributed by atoms with Gasteiger partial charge in [0, 0.05) is 13.1 Å². The van der Waals surface area contributed by atoms with Gasteiger partial charge in [-0.25, -0.2) is 13.2 Å². The maximum Gasteiger partial charge on any atom is 0.340 e. The summed E-state index contributed by atoms with van der Waals surface area (Å²) in [4.78, 5) is 25.0. The van der Waals surface area contributed by atoms with Crippen molar-refractivity contribution >= 4 is 39.2 Å². The van der Waals surface area contributed by atoms with Crippen LogP contribution in [0.1, 0.15) is 43.0 Å². The number of sulfonamides is 1. The average Bonchev–Trinajstić information content (AvgIpc) is 3.51. The first-order valence-electron chi connectivity index (χ1n) is 12.0. The Labute approximate surface area is 217 Å². The lowest BCUT2D eigenvalue weighted by atomic mass is 9.84. The van der Waals surface area contributed by atoms with E-state index in [2.05, 4.69) is 5.32 Å². The van der Waals surface area contributed by atoms with Crippen molar-refractivity contribution in [2.45, 2.75) is 43.5 Å². The molecule has 36 heavy (non-hydrogen) atoms. The van der Waals surface area contributed by atoms with Crippen LogP contribution in [0.4, 0.5) is 5.69 Å². The molecule has 2 bridgehead atoms. The van der Waals surface area contributed by atoms with Gasteiger partial charge in [0.1, 0.15) is 5.75 Å². The molecule has 194 valence electrons. The van der Waals surface area contributed by atoms with E-state index in [0.717, 1.165) is 22.7 Å². The summed E-state index contributed by atoms with van der Waals surface area (Å²) in [5.41, 5.74) is 0.283. The number of carbonyl (C=O) groups excluding carboxylic acids is 2. The number of esters is 1. The number of rotatable bonds is 9. The third-order valence-corrected chi connectivity index (χ3v) is 9.52. The first-order chi connectivity index (χ1) is 17.1. The van der Waals surface area contributed by atoms with Crippen molar-refractivity contribution < 1.29 is 27.5 Å². The molecule has 0 heterocycles. The van der Waals surface area contributed by atoms with Crippen molar-refractivity contribution in [1.82, 2.24) is 5.32 Å². The van der Waals surface area contributed by atoms with Crippen LogP contribution >= 0.6 is 11.6 Å². The van der Waals surface area contributed by atoms with E-state index in [1.165, 1.54) is 45.6 Å². The normalized spacial score (nSPS) is 21.6. The molecule has 0 radical (unpaired) electrons. The summed E-state index contributed by atoms with van der Waals surface area (Å²) in [5, 5.41) is 2.97. The van der Waals surface area contributed by atoms with Crippen molar-refractivity contribution in [3.8, 4) is 5.75 Å². The third-order valence-electron chi connectivity index (χ3n) is 7.41. The van der Waals surface area contributed by atoms with Gasteiger partial charge >= 0.3 is 5.97 Å². The lowest BCUT2D eigenvalue weighted by molar-refractivity contribution is -0.125. The maximum absolute atomic E-state index is 13.2. The number of carbonyl (C=O) groups is 2. The van der Waals surface area contributed by atoms with E-state index >= 15 is 0 Å². The minimum absolute atomic E-state index is 0.0112. The number of halogens is 1. The lowest BCUT2D eigenvalue weighted by Crippen LogP contribution is -2.42. The second kappa shape index (κ2) is 10.7. The molecule has 10 heteroatoms. The van der Waals surface area contributed by atoms with Gasteiger partial charge in [0.15, 0.2) is 6.61 Å². The van der Waals surface area contributed by atoms with Gasteiger partial charge in [-0.3, -0.25) is 9.10 Å². The molecule has 2 fully saturated rings. The Bertz CT molecular complexity index is 1230. The van der Waals surface area contributed by atoms with Crippen LogP contribution in [0.25, 0.3) is 0 Å². The van der Waals surface area contributed by atoms with Gasteiger partial charge in [-0.15, -0.1) is 0 Å². The van der Waals surface area contributed by atoms with Crippen molar-refractivity contribution in [1.29, 1.82) is 0 Å². The van der Waals surface area contributed by atoms with E-state index in [9.17, 15) is 18.0 Å². The number of amides is 1. The Morgan fingerprint density at radius 2 is 1.86 bits per heavy atom. The molecule has 0 aliphatic heterocycles. The van der Waals surface area contributed by atoms with Crippen LogP contribution in [-0.2, 0) is 19.6 Å². The van der Waals surface area contributed by atoms with Crippen LogP contribution in [0.3, 0.4) is 0 Å². The van der Waals surface area contributed by atoms with Gasteiger partial charge in [0.05, 0.1) is 28.3 Å². The predicted octanol–water partition coefficient (Wildman–Crippen LogP) is 4.27. The molecule has 2 saturated carbocycles. The SMILES string of the molecule is COc1ccc(N(C)S(=O)(=O)c2ccc(Cl)c(C(=O)OCC(=O)N[C@H](C)[C@@H]3C[C@@H]4CC[C@@H]3C4)c2)cc1. The molecule has 1 N–H and O–H groups in total. The number of nitrogens with zero attached hydrogens (tertiary/aromatic N) is 1. The summed E-state index contributed by atoms with van der Waals surface area (Å²) in [6, 6.07) is 10.3. The van der Waals surface area contributed by atoms with E-state index in [0.29, 0.717) is 23.3 Å². The zero-order valence-corrected chi connectivity index (χ0v) is 22.1. The highest BCUT2D eigenvalue weighted by Crippen LogP contribution is 2.49. The van der Waals surface area contributed by atoms with Crippen LogP contribution in [-0.4, -0.2) is 47.1 Å². The highest BCUT2D eigenvalue weighted by atomic mass is 35.5. The highest BCUT2D eigenvalue weighted by Gasteiger charge is 2.42. The van der Waals surface area contributed by atoms with E-state index in [-0.39, 0.29) is 21.5 Å². The van der Waals surface area contributed by atoms with Crippen LogP contribution in [0, 0.1) is 17.8 Å². The third kappa shape index (κ3) is 5.47. The van der Waals surface area contributed by atoms with Crippen LogP contribution in [0.5, 0.6) is 5.75 Å². The van der Waals surface area contributed by atoms with Gasteiger partial charge < -0.3 is 14.8 Å². The number of anilines is 1. The molecule has 2 aliphatic rings. The predicted molar refractivity (Wildman–Crippen MR) is 137 cm³/mol.